The second-order valence-corrected chi connectivity index (χ2v) is 8.43. The smallest absolute Gasteiger partial charge is 0.135 e. The monoisotopic (exact) mass is 315 g/mol. The highest BCUT2D eigenvalue weighted by Gasteiger charge is 2.33. The van der Waals surface area contributed by atoms with E-state index < -0.39 is 10.8 Å². The van der Waals surface area contributed by atoms with Gasteiger partial charge in [0.25, 0.3) is 0 Å². The molecule has 0 aliphatic carbocycles. The summed E-state index contributed by atoms with van der Waals surface area (Å²) in [5.74, 6) is 2.46. The minimum atomic E-state index is -0.767. The van der Waals surface area contributed by atoms with E-state index >= 15 is 0 Å². The van der Waals surface area contributed by atoms with Crippen LogP contribution in [0.15, 0.2) is 42.6 Å². The molecule has 3 rings (SSSR count). The van der Waals surface area contributed by atoms with Crippen LogP contribution in [0.5, 0.6) is 0 Å². The molecule has 2 aromatic rings. The molecule has 1 atom stereocenters. The van der Waals surface area contributed by atoms with Crippen molar-refractivity contribution < 1.29 is 4.21 Å². The van der Waals surface area contributed by atoms with Crippen molar-refractivity contribution in [2.24, 2.45) is 0 Å². The summed E-state index contributed by atoms with van der Waals surface area (Å²) in [5, 5.41) is 0. The molecule has 0 saturated carbocycles. The molecule has 1 aliphatic heterocycles. The molecule has 2 heterocycles. The van der Waals surface area contributed by atoms with Crippen LogP contribution in [0.25, 0.3) is 0 Å². The van der Waals surface area contributed by atoms with Crippen LogP contribution < -0.4 is 4.90 Å². The third-order valence-corrected chi connectivity index (χ3v) is 5.87. The second-order valence-electron chi connectivity index (χ2n) is 6.22. The average molecular weight is 315 g/mol. The summed E-state index contributed by atoms with van der Waals surface area (Å²) in [4.78, 5) is 11.3. The van der Waals surface area contributed by atoms with E-state index in [0.717, 1.165) is 31.2 Å². The number of hydrogen-bond donors (Lipinski definition) is 0. The summed E-state index contributed by atoms with van der Waals surface area (Å²) in [5.41, 5.74) is 1.21. The molecule has 0 N–H and O–H groups in total. The Morgan fingerprint density at radius 2 is 2.00 bits per heavy atom. The summed E-state index contributed by atoms with van der Waals surface area (Å²) in [6.07, 6.45) is 2.55. The minimum absolute atomic E-state index is 0.192. The predicted molar refractivity (Wildman–Crippen MR) is 90.6 cm³/mol. The average Bonchev–Trinajstić information content (AvgIpc) is 2.51. The Labute approximate surface area is 134 Å². The van der Waals surface area contributed by atoms with Crippen molar-refractivity contribution in [3.8, 4) is 0 Å². The molecule has 0 radical (unpaired) electrons. The Hall–Kier alpha value is -1.75. The predicted octanol–water partition coefficient (Wildman–Crippen LogP) is 2.41. The fourth-order valence-electron chi connectivity index (χ4n) is 2.70. The maximum absolute atomic E-state index is 12.1. The SMILES string of the molecule is CC1(C)CN(c2ccnc(Cc3ccccc3)n2)CCS1=O. The number of anilines is 1. The fraction of sp³-hybridized carbons (Fsp3) is 0.412. The van der Waals surface area contributed by atoms with Gasteiger partial charge < -0.3 is 4.90 Å². The number of hydrogen-bond acceptors (Lipinski definition) is 4. The molecular weight excluding hydrogens is 294 g/mol. The highest BCUT2D eigenvalue weighted by molar-refractivity contribution is 7.86. The first-order valence-corrected chi connectivity index (χ1v) is 8.86. The van der Waals surface area contributed by atoms with E-state index in [2.05, 4.69) is 35.9 Å². The third kappa shape index (κ3) is 3.35. The van der Waals surface area contributed by atoms with Crippen molar-refractivity contribution in [3.63, 3.8) is 0 Å². The van der Waals surface area contributed by atoms with Crippen LogP contribution in [-0.2, 0) is 17.2 Å². The van der Waals surface area contributed by atoms with Crippen molar-refractivity contribution in [3.05, 3.63) is 54.0 Å². The molecule has 22 heavy (non-hydrogen) atoms. The van der Waals surface area contributed by atoms with Crippen LogP contribution in [0.4, 0.5) is 5.82 Å². The van der Waals surface area contributed by atoms with Crippen LogP contribution in [0, 0.1) is 0 Å². The second kappa shape index (κ2) is 6.16. The van der Waals surface area contributed by atoms with E-state index in [1.54, 1.807) is 0 Å². The number of rotatable bonds is 3. The lowest BCUT2D eigenvalue weighted by Crippen LogP contribution is -2.50. The van der Waals surface area contributed by atoms with Gasteiger partial charge in [0.2, 0.25) is 0 Å². The summed E-state index contributed by atoms with van der Waals surface area (Å²) in [7, 11) is -0.767. The Morgan fingerprint density at radius 1 is 1.23 bits per heavy atom. The van der Waals surface area contributed by atoms with Gasteiger partial charge in [0.05, 0.1) is 4.75 Å². The van der Waals surface area contributed by atoms with Crippen molar-refractivity contribution in [2.75, 3.05) is 23.7 Å². The summed E-state index contributed by atoms with van der Waals surface area (Å²) in [6, 6.07) is 12.2. The highest BCUT2D eigenvalue weighted by atomic mass is 32.2. The molecule has 1 unspecified atom stereocenters. The molecule has 1 aromatic heterocycles. The molecule has 1 aromatic carbocycles. The van der Waals surface area contributed by atoms with Crippen LogP contribution in [0.3, 0.4) is 0 Å². The zero-order valence-electron chi connectivity index (χ0n) is 13.0. The molecule has 1 fully saturated rings. The first-order chi connectivity index (χ1) is 10.5. The first kappa shape index (κ1) is 15.2. The molecule has 4 nitrogen and oxygen atoms in total. The summed E-state index contributed by atoms with van der Waals surface area (Å²) >= 11 is 0. The standard InChI is InChI=1S/C17H21N3OS/c1-17(2)13-20(10-11-22(17)21)16-8-9-18-15(19-16)12-14-6-4-3-5-7-14/h3-9H,10-13H2,1-2H3. The van der Waals surface area contributed by atoms with Crippen molar-refractivity contribution in [1.29, 1.82) is 0 Å². The molecule has 0 bridgehead atoms. The third-order valence-electron chi connectivity index (χ3n) is 3.95. The molecule has 0 spiro atoms. The molecule has 5 heteroatoms. The van der Waals surface area contributed by atoms with Gasteiger partial charge in [-0.05, 0) is 25.5 Å². The van der Waals surface area contributed by atoms with Gasteiger partial charge in [0.15, 0.2) is 0 Å². The van der Waals surface area contributed by atoms with E-state index in [1.165, 1.54) is 5.56 Å². The molecular formula is C17H21N3OS. The molecule has 1 aliphatic rings. The van der Waals surface area contributed by atoms with Crippen LogP contribution in [0.1, 0.15) is 25.2 Å². The quantitative estimate of drug-likeness (QED) is 0.872. The zero-order chi connectivity index (χ0) is 15.6. The lowest BCUT2D eigenvalue weighted by Gasteiger charge is -2.37. The van der Waals surface area contributed by atoms with Crippen molar-refractivity contribution in [1.82, 2.24) is 9.97 Å². The Bertz CT molecular complexity index is 673. The van der Waals surface area contributed by atoms with Gasteiger partial charge in [-0.3, -0.25) is 4.21 Å². The lowest BCUT2D eigenvalue weighted by molar-refractivity contribution is 0.586. The highest BCUT2D eigenvalue weighted by Crippen LogP contribution is 2.24. The first-order valence-electron chi connectivity index (χ1n) is 7.54. The maximum atomic E-state index is 12.1. The van der Waals surface area contributed by atoms with Crippen molar-refractivity contribution in [2.45, 2.75) is 25.0 Å². The minimum Gasteiger partial charge on any atom is -0.354 e. The Morgan fingerprint density at radius 3 is 2.73 bits per heavy atom. The van der Waals surface area contributed by atoms with E-state index in [4.69, 9.17) is 4.98 Å². The Balaban J connectivity index is 1.78. The van der Waals surface area contributed by atoms with Gasteiger partial charge in [0, 0.05) is 42.3 Å². The number of benzene rings is 1. The molecule has 116 valence electrons. The van der Waals surface area contributed by atoms with Gasteiger partial charge in [0.1, 0.15) is 11.6 Å². The van der Waals surface area contributed by atoms with E-state index in [-0.39, 0.29) is 4.75 Å². The lowest BCUT2D eigenvalue weighted by atomic mass is 10.1. The maximum Gasteiger partial charge on any atom is 0.135 e. The van der Waals surface area contributed by atoms with Gasteiger partial charge in [-0.15, -0.1) is 0 Å². The number of nitrogens with zero attached hydrogens (tertiary/aromatic N) is 3. The van der Waals surface area contributed by atoms with E-state index in [9.17, 15) is 4.21 Å². The number of aromatic nitrogens is 2. The van der Waals surface area contributed by atoms with Crippen LogP contribution >= 0.6 is 0 Å². The zero-order valence-corrected chi connectivity index (χ0v) is 13.8. The van der Waals surface area contributed by atoms with E-state index in [0.29, 0.717) is 5.75 Å². The fourth-order valence-corrected chi connectivity index (χ4v) is 3.94. The van der Waals surface area contributed by atoms with Crippen LogP contribution in [-0.4, -0.2) is 37.8 Å². The van der Waals surface area contributed by atoms with Gasteiger partial charge in [-0.2, -0.15) is 0 Å². The summed E-state index contributed by atoms with van der Waals surface area (Å²) < 4.78 is 11.9. The summed E-state index contributed by atoms with van der Waals surface area (Å²) in [6.45, 7) is 5.67. The largest absolute Gasteiger partial charge is 0.354 e. The topological polar surface area (TPSA) is 46.1 Å². The van der Waals surface area contributed by atoms with Crippen molar-refractivity contribution >= 4 is 16.6 Å². The normalized spacial score (nSPS) is 20.8. The molecule has 1 saturated heterocycles. The van der Waals surface area contributed by atoms with Gasteiger partial charge in [-0.1, -0.05) is 30.3 Å². The Kier molecular flexibility index (Phi) is 4.25. The van der Waals surface area contributed by atoms with Crippen LogP contribution in [0.2, 0.25) is 0 Å². The van der Waals surface area contributed by atoms with Gasteiger partial charge in [-0.25, -0.2) is 9.97 Å². The molecule has 0 amide bonds. The van der Waals surface area contributed by atoms with Gasteiger partial charge >= 0.3 is 0 Å². The van der Waals surface area contributed by atoms with E-state index in [1.807, 2.05) is 30.5 Å².